The predicted octanol–water partition coefficient (Wildman–Crippen LogP) is 4.25. The standard InChI is InChI=1S/C23H24FN5O/c1-16-10-17(2)12-20(11-16)27-23(30)29-8-6-28(7-9-29)22-14-21(25-15-26-22)18-4-3-5-19(24)13-18/h3-5,10-15H,6-9H2,1-2H3,(H,27,30). The number of halogens is 1. The second-order valence-corrected chi connectivity index (χ2v) is 7.55. The van der Waals surface area contributed by atoms with Crippen LogP contribution in [0.5, 0.6) is 0 Å². The van der Waals surface area contributed by atoms with E-state index in [1.807, 2.05) is 43.0 Å². The predicted molar refractivity (Wildman–Crippen MR) is 116 cm³/mol. The highest BCUT2D eigenvalue weighted by molar-refractivity contribution is 5.89. The van der Waals surface area contributed by atoms with Gasteiger partial charge in [-0.05, 0) is 49.2 Å². The largest absolute Gasteiger partial charge is 0.353 e. The molecule has 7 heteroatoms. The molecule has 0 atom stereocenters. The van der Waals surface area contributed by atoms with Crippen LogP contribution in [0.25, 0.3) is 11.3 Å². The molecule has 1 aromatic heterocycles. The van der Waals surface area contributed by atoms with Gasteiger partial charge < -0.3 is 15.1 Å². The molecule has 0 unspecified atom stereocenters. The van der Waals surface area contributed by atoms with Gasteiger partial charge in [0.1, 0.15) is 18.0 Å². The fourth-order valence-corrected chi connectivity index (χ4v) is 3.71. The molecule has 1 aliphatic heterocycles. The molecule has 0 saturated carbocycles. The summed E-state index contributed by atoms with van der Waals surface area (Å²) < 4.78 is 13.5. The Labute approximate surface area is 175 Å². The average Bonchev–Trinajstić information content (AvgIpc) is 2.73. The molecule has 0 radical (unpaired) electrons. The summed E-state index contributed by atoms with van der Waals surface area (Å²) in [6.45, 7) is 6.55. The smallest absolute Gasteiger partial charge is 0.321 e. The summed E-state index contributed by atoms with van der Waals surface area (Å²) in [6.07, 6.45) is 1.49. The Hall–Kier alpha value is -3.48. The molecule has 1 N–H and O–H groups in total. The number of hydrogen-bond acceptors (Lipinski definition) is 4. The van der Waals surface area contributed by atoms with Gasteiger partial charge in [-0.3, -0.25) is 0 Å². The van der Waals surface area contributed by atoms with Crippen molar-refractivity contribution in [3.8, 4) is 11.3 Å². The first-order chi connectivity index (χ1) is 14.5. The van der Waals surface area contributed by atoms with Gasteiger partial charge in [0.05, 0.1) is 5.69 Å². The van der Waals surface area contributed by atoms with Gasteiger partial charge >= 0.3 is 6.03 Å². The zero-order valence-corrected chi connectivity index (χ0v) is 17.1. The first-order valence-electron chi connectivity index (χ1n) is 9.95. The van der Waals surface area contributed by atoms with Crippen LogP contribution >= 0.6 is 0 Å². The van der Waals surface area contributed by atoms with Crippen molar-refractivity contribution >= 4 is 17.5 Å². The fourth-order valence-electron chi connectivity index (χ4n) is 3.71. The van der Waals surface area contributed by atoms with Crippen molar-refractivity contribution in [1.29, 1.82) is 0 Å². The highest BCUT2D eigenvalue weighted by Gasteiger charge is 2.22. The number of piperazine rings is 1. The number of aryl methyl sites for hydroxylation is 2. The number of aromatic nitrogens is 2. The first-order valence-corrected chi connectivity index (χ1v) is 9.95. The van der Waals surface area contributed by atoms with Crippen molar-refractivity contribution < 1.29 is 9.18 Å². The highest BCUT2D eigenvalue weighted by atomic mass is 19.1. The summed E-state index contributed by atoms with van der Waals surface area (Å²) >= 11 is 0. The molecule has 3 aromatic rings. The normalized spacial score (nSPS) is 14.0. The number of hydrogen-bond donors (Lipinski definition) is 1. The molecule has 0 aliphatic carbocycles. The summed E-state index contributed by atoms with van der Waals surface area (Å²) in [4.78, 5) is 25.2. The fraction of sp³-hybridized carbons (Fsp3) is 0.261. The van der Waals surface area contributed by atoms with Gasteiger partial charge in [-0.25, -0.2) is 19.2 Å². The van der Waals surface area contributed by atoms with Crippen LogP contribution in [0.1, 0.15) is 11.1 Å². The molecule has 1 aliphatic rings. The molecule has 2 amide bonds. The van der Waals surface area contributed by atoms with Crippen molar-refractivity contribution in [1.82, 2.24) is 14.9 Å². The van der Waals surface area contributed by atoms with Crippen LogP contribution in [-0.2, 0) is 0 Å². The van der Waals surface area contributed by atoms with E-state index in [-0.39, 0.29) is 11.8 Å². The molecule has 1 saturated heterocycles. The van der Waals surface area contributed by atoms with Gasteiger partial charge in [0, 0.05) is 43.5 Å². The van der Waals surface area contributed by atoms with Gasteiger partial charge in [-0.2, -0.15) is 0 Å². The highest BCUT2D eigenvalue weighted by Crippen LogP contribution is 2.22. The molecule has 1 fully saturated rings. The molecule has 2 heterocycles. The Morgan fingerprint density at radius 3 is 2.40 bits per heavy atom. The van der Waals surface area contributed by atoms with Crippen LogP contribution in [-0.4, -0.2) is 47.1 Å². The van der Waals surface area contributed by atoms with Gasteiger partial charge in [-0.1, -0.05) is 18.2 Å². The molecule has 4 rings (SSSR count). The molecular formula is C23H24FN5O. The Bertz CT molecular complexity index is 1040. The van der Waals surface area contributed by atoms with Crippen LogP contribution in [0.3, 0.4) is 0 Å². The summed E-state index contributed by atoms with van der Waals surface area (Å²) in [7, 11) is 0. The van der Waals surface area contributed by atoms with Crippen molar-refractivity contribution in [3.05, 3.63) is 71.8 Å². The van der Waals surface area contributed by atoms with E-state index in [9.17, 15) is 9.18 Å². The van der Waals surface area contributed by atoms with Crippen LogP contribution < -0.4 is 10.2 Å². The molecule has 2 aromatic carbocycles. The van der Waals surface area contributed by atoms with Gasteiger partial charge in [0.15, 0.2) is 0 Å². The van der Waals surface area contributed by atoms with E-state index in [1.54, 1.807) is 6.07 Å². The van der Waals surface area contributed by atoms with Crippen LogP contribution in [0, 0.1) is 19.7 Å². The Morgan fingerprint density at radius 2 is 1.70 bits per heavy atom. The topological polar surface area (TPSA) is 61.4 Å². The minimum Gasteiger partial charge on any atom is -0.353 e. The third-order valence-electron chi connectivity index (χ3n) is 5.14. The molecule has 30 heavy (non-hydrogen) atoms. The molecular weight excluding hydrogens is 381 g/mol. The van der Waals surface area contributed by atoms with Crippen LogP contribution in [0.4, 0.5) is 20.7 Å². The SMILES string of the molecule is Cc1cc(C)cc(NC(=O)N2CCN(c3cc(-c4cccc(F)c4)ncn3)CC2)c1. The maximum atomic E-state index is 13.5. The quantitative estimate of drug-likeness (QED) is 0.708. The summed E-state index contributed by atoms with van der Waals surface area (Å²) in [5.41, 5.74) is 4.44. The molecule has 6 nitrogen and oxygen atoms in total. The van der Waals surface area contributed by atoms with Crippen molar-refractivity contribution in [2.24, 2.45) is 0 Å². The van der Waals surface area contributed by atoms with Crippen molar-refractivity contribution in [3.63, 3.8) is 0 Å². The van der Waals surface area contributed by atoms with Gasteiger partial charge in [0.2, 0.25) is 0 Å². The lowest BCUT2D eigenvalue weighted by atomic mass is 10.1. The van der Waals surface area contributed by atoms with E-state index in [4.69, 9.17) is 0 Å². The lowest BCUT2D eigenvalue weighted by Gasteiger charge is -2.35. The lowest BCUT2D eigenvalue weighted by molar-refractivity contribution is 0.208. The van der Waals surface area contributed by atoms with E-state index in [1.165, 1.54) is 18.5 Å². The van der Waals surface area contributed by atoms with Crippen LogP contribution in [0.15, 0.2) is 54.9 Å². The van der Waals surface area contributed by atoms with E-state index in [0.29, 0.717) is 37.4 Å². The van der Waals surface area contributed by atoms with Crippen molar-refractivity contribution in [2.75, 3.05) is 36.4 Å². The number of rotatable bonds is 3. The van der Waals surface area contributed by atoms with Gasteiger partial charge in [-0.15, -0.1) is 0 Å². The summed E-state index contributed by atoms with van der Waals surface area (Å²) in [6, 6.07) is 14.1. The lowest BCUT2D eigenvalue weighted by Crippen LogP contribution is -2.50. The number of nitrogens with one attached hydrogen (secondary N) is 1. The minimum absolute atomic E-state index is 0.0946. The zero-order valence-electron chi connectivity index (χ0n) is 17.1. The molecule has 0 bridgehead atoms. The number of urea groups is 1. The Kier molecular flexibility index (Phi) is 5.61. The van der Waals surface area contributed by atoms with E-state index in [2.05, 4.69) is 26.3 Å². The third kappa shape index (κ3) is 4.56. The number of carbonyl (C=O) groups excluding carboxylic acids is 1. The number of amides is 2. The third-order valence-corrected chi connectivity index (χ3v) is 5.14. The zero-order chi connectivity index (χ0) is 21.1. The summed E-state index contributed by atoms with van der Waals surface area (Å²) in [5.74, 6) is 0.481. The van der Waals surface area contributed by atoms with Gasteiger partial charge in [0.25, 0.3) is 0 Å². The maximum Gasteiger partial charge on any atom is 0.321 e. The molecule has 154 valence electrons. The second kappa shape index (κ2) is 8.49. The molecule has 0 spiro atoms. The second-order valence-electron chi connectivity index (χ2n) is 7.55. The Morgan fingerprint density at radius 1 is 0.967 bits per heavy atom. The number of benzene rings is 2. The number of anilines is 2. The number of carbonyl (C=O) groups is 1. The van der Waals surface area contributed by atoms with E-state index < -0.39 is 0 Å². The Balaban J connectivity index is 1.40. The first kappa shape index (κ1) is 19.8. The van der Waals surface area contributed by atoms with Crippen molar-refractivity contribution in [2.45, 2.75) is 13.8 Å². The summed E-state index contributed by atoms with van der Waals surface area (Å²) in [5, 5.41) is 2.99. The monoisotopic (exact) mass is 405 g/mol. The average molecular weight is 405 g/mol. The maximum absolute atomic E-state index is 13.5. The van der Waals surface area contributed by atoms with E-state index in [0.717, 1.165) is 22.6 Å². The number of nitrogens with zero attached hydrogens (tertiary/aromatic N) is 4. The minimum atomic E-state index is -0.295. The van der Waals surface area contributed by atoms with E-state index >= 15 is 0 Å². The van der Waals surface area contributed by atoms with Crippen LogP contribution in [0.2, 0.25) is 0 Å².